The van der Waals surface area contributed by atoms with Crippen LogP contribution in [0.4, 0.5) is 4.39 Å². The molecule has 7 rings (SSSR count). The van der Waals surface area contributed by atoms with Gasteiger partial charge in [0.05, 0.1) is 24.8 Å². The second-order valence-electron chi connectivity index (χ2n) is 18.2. The first-order valence-corrected chi connectivity index (χ1v) is 19.1. The van der Waals surface area contributed by atoms with Gasteiger partial charge in [-0.15, -0.1) is 0 Å². The number of halogens is 1. The molecule has 0 aromatic heterocycles. The summed E-state index contributed by atoms with van der Waals surface area (Å²) >= 11 is 0. The third-order valence-electron chi connectivity index (χ3n) is 16.0. The van der Waals surface area contributed by atoms with Gasteiger partial charge in [-0.1, -0.05) is 77.1 Å². The Morgan fingerprint density at radius 1 is 0.840 bits per heavy atom. The number of allylic oxidation sites excluding steroid dienone is 3. The summed E-state index contributed by atoms with van der Waals surface area (Å²) in [7, 11) is 1.33. The summed E-state index contributed by atoms with van der Waals surface area (Å²) in [6.07, 6.45) is 12.5. The van der Waals surface area contributed by atoms with Crippen LogP contribution < -0.4 is 0 Å². The quantitative estimate of drug-likeness (QED) is 0.225. The number of carbonyl (C=O) groups excluding carboxylic acids is 2. The van der Waals surface area contributed by atoms with Gasteiger partial charge in [0.15, 0.2) is 0 Å². The number of hydrogen-bond donors (Lipinski definition) is 0. The van der Waals surface area contributed by atoms with Crippen molar-refractivity contribution in [3.8, 4) is 0 Å². The zero-order valence-corrected chi connectivity index (χ0v) is 31.4. The Kier molecular flexibility index (Phi) is 8.59. The molecule has 5 aliphatic carbocycles. The molecule has 0 spiro atoms. The highest BCUT2D eigenvalue weighted by Crippen LogP contribution is 2.77. The number of methoxy groups -OCH3 is 1. The van der Waals surface area contributed by atoms with E-state index >= 15 is 4.39 Å². The van der Waals surface area contributed by atoms with Gasteiger partial charge in [0.2, 0.25) is 0 Å². The molecule has 4 saturated carbocycles. The first kappa shape index (κ1) is 35.2. The fourth-order valence-corrected chi connectivity index (χ4v) is 13.4. The van der Waals surface area contributed by atoms with Gasteiger partial charge in [-0.3, -0.25) is 0 Å². The Morgan fingerprint density at radius 2 is 1.58 bits per heavy atom. The first-order valence-electron chi connectivity index (χ1n) is 19.1. The average Bonchev–Trinajstić information content (AvgIpc) is 3.48. The van der Waals surface area contributed by atoms with E-state index in [9.17, 15) is 9.59 Å². The van der Waals surface area contributed by atoms with E-state index in [4.69, 9.17) is 9.47 Å². The number of esters is 2. The van der Waals surface area contributed by atoms with E-state index in [0.29, 0.717) is 47.3 Å². The maximum absolute atomic E-state index is 15.7. The second kappa shape index (κ2) is 12.2. The summed E-state index contributed by atoms with van der Waals surface area (Å²) in [5, 5.41) is 0. The van der Waals surface area contributed by atoms with Gasteiger partial charge in [-0.05, 0) is 146 Å². The molecule has 5 aliphatic rings. The van der Waals surface area contributed by atoms with Crippen LogP contribution >= 0.6 is 0 Å². The molecule has 0 N–H and O–H groups in total. The monoisotopic (exact) mass is 680 g/mol. The number of benzene rings is 2. The van der Waals surface area contributed by atoms with Crippen LogP contribution in [0.3, 0.4) is 0 Å². The minimum absolute atomic E-state index is 0.000487. The molecule has 2 aromatic rings. The lowest BCUT2D eigenvalue weighted by Crippen LogP contribution is -2.65. The summed E-state index contributed by atoms with van der Waals surface area (Å²) in [5.74, 6) is 1.39. The molecule has 4 nitrogen and oxygen atoms in total. The predicted octanol–water partition coefficient (Wildman–Crippen LogP) is 11.1. The molecule has 0 unspecified atom stereocenters. The van der Waals surface area contributed by atoms with E-state index < -0.39 is 5.97 Å². The van der Waals surface area contributed by atoms with Gasteiger partial charge in [0.1, 0.15) is 5.82 Å². The van der Waals surface area contributed by atoms with Crippen LogP contribution in [0, 0.1) is 62.5 Å². The van der Waals surface area contributed by atoms with Crippen molar-refractivity contribution in [1.29, 1.82) is 0 Å². The van der Waals surface area contributed by atoms with Gasteiger partial charge >= 0.3 is 11.9 Å². The number of rotatable bonds is 6. The van der Waals surface area contributed by atoms with Gasteiger partial charge < -0.3 is 9.47 Å². The van der Waals surface area contributed by atoms with Crippen LogP contribution in [0.15, 0.2) is 66.8 Å². The van der Waals surface area contributed by atoms with Crippen molar-refractivity contribution in [2.24, 2.45) is 56.7 Å². The van der Waals surface area contributed by atoms with Gasteiger partial charge in [-0.2, -0.15) is 0 Å². The highest BCUT2D eigenvalue weighted by atomic mass is 19.1. The first-order chi connectivity index (χ1) is 23.6. The summed E-state index contributed by atoms with van der Waals surface area (Å²) in [5.41, 5.74) is 4.06. The lowest BCUT2D eigenvalue weighted by Gasteiger charge is -2.72. The van der Waals surface area contributed by atoms with Crippen LogP contribution in [0.5, 0.6) is 0 Å². The maximum Gasteiger partial charge on any atom is 0.338 e. The largest absolute Gasteiger partial charge is 0.465 e. The zero-order chi connectivity index (χ0) is 35.9. The van der Waals surface area contributed by atoms with Crippen LogP contribution in [0.1, 0.15) is 126 Å². The van der Waals surface area contributed by atoms with Crippen molar-refractivity contribution in [3.05, 3.63) is 89.3 Å². The lowest BCUT2D eigenvalue weighted by molar-refractivity contribution is -0.228. The molecule has 9 atom stereocenters. The van der Waals surface area contributed by atoms with Crippen molar-refractivity contribution in [1.82, 2.24) is 0 Å². The van der Waals surface area contributed by atoms with Crippen molar-refractivity contribution >= 4 is 17.5 Å². The topological polar surface area (TPSA) is 52.6 Å². The van der Waals surface area contributed by atoms with Crippen LogP contribution in [0.2, 0.25) is 0 Å². The van der Waals surface area contributed by atoms with Gasteiger partial charge in [0.25, 0.3) is 0 Å². The van der Waals surface area contributed by atoms with Crippen molar-refractivity contribution in [3.63, 3.8) is 0 Å². The van der Waals surface area contributed by atoms with Crippen molar-refractivity contribution < 1.29 is 23.5 Å². The van der Waals surface area contributed by atoms with E-state index in [2.05, 4.69) is 54.2 Å². The summed E-state index contributed by atoms with van der Waals surface area (Å²) in [6, 6.07) is 14.2. The predicted molar refractivity (Wildman–Crippen MR) is 197 cm³/mol. The molecule has 0 aliphatic heterocycles. The summed E-state index contributed by atoms with van der Waals surface area (Å²) in [6.45, 7) is 19.7. The van der Waals surface area contributed by atoms with E-state index in [0.717, 1.165) is 44.1 Å². The molecule has 0 heterocycles. The highest BCUT2D eigenvalue weighted by Gasteiger charge is 2.70. The van der Waals surface area contributed by atoms with Gasteiger partial charge in [-0.25, -0.2) is 14.0 Å². The maximum atomic E-state index is 15.7. The Balaban J connectivity index is 1.19. The van der Waals surface area contributed by atoms with Crippen LogP contribution in [0.25, 0.3) is 5.57 Å². The third-order valence-corrected chi connectivity index (χ3v) is 16.0. The van der Waals surface area contributed by atoms with Gasteiger partial charge in [0, 0.05) is 11.0 Å². The molecular formula is C45H57FO4. The number of hydrogen-bond acceptors (Lipinski definition) is 4. The number of carbonyl (C=O) groups is 2. The molecule has 0 bridgehead atoms. The molecule has 2 aromatic carbocycles. The Bertz CT molecular complexity index is 1730. The minimum atomic E-state index is -0.518. The molecule has 50 heavy (non-hydrogen) atoms. The number of ether oxygens (including phenoxy) is 2. The zero-order valence-electron chi connectivity index (χ0n) is 31.4. The lowest BCUT2D eigenvalue weighted by atomic mass is 9.32. The smallest absolute Gasteiger partial charge is 0.338 e. The highest BCUT2D eigenvalue weighted by molar-refractivity contribution is 5.90. The van der Waals surface area contributed by atoms with E-state index in [-0.39, 0.29) is 44.4 Å². The molecule has 268 valence electrons. The Labute approximate surface area is 299 Å². The van der Waals surface area contributed by atoms with Crippen molar-refractivity contribution in [2.45, 2.75) is 99.3 Å². The van der Waals surface area contributed by atoms with Crippen LogP contribution in [-0.2, 0) is 9.47 Å². The molecule has 5 heteroatoms. The summed E-state index contributed by atoms with van der Waals surface area (Å²) < 4.78 is 26.7. The van der Waals surface area contributed by atoms with E-state index in [1.807, 2.05) is 30.3 Å². The third kappa shape index (κ3) is 5.02. The summed E-state index contributed by atoms with van der Waals surface area (Å²) in [4.78, 5) is 25.3. The standard InChI is InChI=1S/C45H57FO4/c1-28(2)31-18-23-45(27-50-40(48)29-12-10-9-11-13-29)25-24-43(6)34(38(31)45)16-17-37-42(5)21-19-33(41(3,4)36(42)20-22-44(37,43)7)32-15-14-30(26-35(32)46)39(47)49-8/h9-15,19,26,31,34,36-38H,1,16-18,20-25,27H2,2-8H3/t31-,34+,36-,37+,38+,42-,43+,44+,45+/m0/s1. The normalized spacial score (nSPS) is 38.4. The fraction of sp³-hybridized carbons (Fsp3) is 0.600. The molecule has 0 saturated heterocycles. The average molecular weight is 681 g/mol. The van der Waals surface area contributed by atoms with Crippen molar-refractivity contribution in [2.75, 3.05) is 13.7 Å². The molecule has 4 fully saturated rings. The molecule has 0 amide bonds. The van der Waals surface area contributed by atoms with E-state index in [1.165, 1.54) is 38.0 Å². The van der Waals surface area contributed by atoms with E-state index in [1.54, 1.807) is 12.1 Å². The molecular weight excluding hydrogens is 623 g/mol. The Hall–Kier alpha value is -3.21. The fourth-order valence-electron chi connectivity index (χ4n) is 13.4. The number of fused-ring (bicyclic) bond motifs is 7. The minimum Gasteiger partial charge on any atom is -0.465 e. The SMILES string of the molecule is C=C(C)[C@@H]1CC[C@]2(COC(=O)c3ccccc3)CC[C@]3(C)[C@H](CC[C@@H]4[C@@]5(C)CC=C(c6ccc(C(=O)OC)cc6F)C(C)(C)[C@@H]5CC[C@]43C)[C@@H]12. The Morgan fingerprint density at radius 3 is 2.26 bits per heavy atom. The molecule has 0 radical (unpaired) electrons. The second-order valence-corrected chi connectivity index (χ2v) is 18.2. The van der Waals surface area contributed by atoms with Crippen LogP contribution in [-0.4, -0.2) is 25.7 Å².